The number of aliphatic carboxylic acids is 1. The van der Waals surface area contributed by atoms with E-state index < -0.39 is 47.9 Å². The van der Waals surface area contributed by atoms with Gasteiger partial charge in [0.25, 0.3) is 0 Å². The topological polar surface area (TPSA) is 158 Å². The van der Waals surface area contributed by atoms with Crippen LogP contribution in [0.4, 0.5) is 0 Å². The third kappa shape index (κ3) is 6.69. The number of nitrogens with one attached hydrogen (secondary N) is 3. The van der Waals surface area contributed by atoms with Crippen molar-refractivity contribution < 1.29 is 24.3 Å². The number of carbonyl (C=O) groups excluding carboxylic acids is 3. The number of para-hydroxylation sites is 1. The lowest BCUT2D eigenvalue weighted by Gasteiger charge is -2.31. The molecule has 2 aromatic carbocycles. The molecule has 4 unspecified atom stereocenters. The molecule has 6 N–H and O–H groups in total. The van der Waals surface area contributed by atoms with Gasteiger partial charge < -0.3 is 31.4 Å². The Morgan fingerprint density at radius 2 is 1.70 bits per heavy atom. The van der Waals surface area contributed by atoms with Crippen molar-refractivity contribution in [3.63, 3.8) is 0 Å². The number of rotatable bonds is 11. The second-order valence-corrected chi connectivity index (χ2v) is 10.7. The predicted octanol–water partition coefficient (Wildman–Crippen LogP) is 1.98. The standard InChI is InChI=1S/C30H37N5O5/c1-18(2)26(29(38)35-14-8-13-25(35)30(39)40)34-28(37)24(15-19-9-4-3-5-10-19)33-27(36)22(31)16-20-17-32-23-12-7-6-11-21(20)23/h3-7,9-12,17-18,22,24-26,32H,8,13-16,31H2,1-2H3,(H,33,36)(H,34,37)(H,39,40). The largest absolute Gasteiger partial charge is 0.480 e. The normalized spacial score (nSPS) is 17.4. The lowest BCUT2D eigenvalue weighted by Crippen LogP contribution is -2.59. The first-order chi connectivity index (χ1) is 19.2. The molecular formula is C30H37N5O5. The number of H-pyrrole nitrogens is 1. The zero-order valence-corrected chi connectivity index (χ0v) is 22.8. The predicted molar refractivity (Wildman–Crippen MR) is 151 cm³/mol. The van der Waals surface area contributed by atoms with Crippen molar-refractivity contribution in [3.05, 3.63) is 71.9 Å². The molecule has 0 radical (unpaired) electrons. The first kappa shape index (κ1) is 28.8. The monoisotopic (exact) mass is 547 g/mol. The van der Waals surface area contributed by atoms with Gasteiger partial charge in [-0.25, -0.2) is 4.79 Å². The zero-order chi connectivity index (χ0) is 28.8. The Hall–Kier alpha value is -4.18. The van der Waals surface area contributed by atoms with E-state index in [1.165, 1.54) is 4.90 Å². The highest BCUT2D eigenvalue weighted by molar-refractivity contribution is 5.95. The summed E-state index contributed by atoms with van der Waals surface area (Å²) >= 11 is 0. The van der Waals surface area contributed by atoms with Gasteiger partial charge in [0.05, 0.1) is 6.04 Å². The van der Waals surface area contributed by atoms with Crippen LogP contribution in [0.5, 0.6) is 0 Å². The van der Waals surface area contributed by atoms with Crippen LogP contribution in [0.15, 0.2) is 60.8 Å². The van der Waals surface area contributed by atoms with E-state index in [9.17, 15) is 24.3 Å². The number of likely N-dealkylation sites (tertiary alicyclic amines) is 1. The van der Waals surface area contributed by atoms with Crippen molar-refractivity contribution in [2.24, 2.45) is 11.7 Å². The van der Waals surface area contributed by atoms with Crippen molar-refractivity contribution in [1.82, 2.24) is 20.5 Å². The number of amides is 3. The molecule has 10 nitrogen and oxygen atoms in total. The fraction of sp³-hybridized carbons (Fsp3) is 0.400. The van der Waals surface area contributed by atoms with E-state index in [1.807, 2.05) is 60.8 Å². The number of hydrogen-bond acceptors (Lipinski definition) is 5. The van der Waals surface area contributed by atoms with E-state index in [0.29, 0.717) is 19.4 Å². The molecule has 40 heavy (non-hydrogen) atoms. The Labute approximate surface area is 233 Å². The van der Waals surface area contributed by atoms with Crippen LogP contribution >= 0.6 is 0 Å². The summed E-state index contributed by atoms with van der Waals surface area (Å²) in [6, 6.07) is 13.2. The molecule has 1 fully saturated rings. The third-order valence-electron chi connectivity index (χ3n) is 7.42. The fourth-order valence-electron chi connectivity index (χ4n) is 5.20. The Kier molecular flexibility index (Phi) is 9.21. The molecule has 4 atom stereocenters. The Balaban J connectivity index is 1.50. The molecule has 1 aromatic heterocycles. The molecule has 0 aliphatic carbocycles. The van der Waals surface area contributed by atoms with Crippen LogP contribution < -0.4 is 16.4 Å². The number of carbonyl (C=O) groups is 4. The Bertz CT molecular complexity index is 1350. The zero-order valence-electron chi connectivity index (χ0n) is 22.8. The highest BCUT2D eigenvalue weighted by Crippen LogP contribution is 2.21. The van der Waals surface area contributed by atoms with Crippen molar-refractivity contribution in [2.45, 2.75) is 63.7 Å². The van der Waals surface area contributed by atoms with Gasteiger partial charge in [-0.1, -0.05) is 62.4 Å². The summed E-state index contributed by atoms with van der Waals surface area (Å²) in [6.45, 7) is 3.90. The van der Waals surface area contributed by atoms with E-state index in [0.717, 1.165) is 22.0 Å². The summed E-state index contributed by atoms with van der Waals surface area (Å²) in [5, 5.41) is 16.1. The van der Waals surface area contributed by atoms with Gasteiger partial charge >= 0.3 is 5.97 Å². The molecule has 10 heteroatoms. The van der Waals surface area contributed by atoms with Crippen molar-refractivity contribution in [3.8, 4) is 0 Å². The summed E-state index contributed by atoms with van der Waals surface area (Å²) in [4.78, 5) is 56.4. The lowest BCUT2D eigenvalue weighted by atomic mass is 9.99. The van der Waals surface area contributed by atoms with Gasteiger partial charge in [0.15, 0.2) is 0 Å². The van der Waals surface area contributed by atoms with Gasteiger partial charge in [-0.15, -0.1) is 0 Å². The summed E-state index contributed by atoms with van der Waals surface area (Å²) < 4.78 is 0. The molecule has 2 heterocycles. The molecular weight excluding hydrogens is 510 g/mol. The smallest absolute Gasteiger partial charge is 0.326 e. The number of aromatic nitrogens is 1. The van der Waals surface area contributed by atoms with Crippen LogP contribution in [0, 0.1) is 5.92 Å². The molecule has 4 rings (SSSR count). The average molecular weight is 548 g/mol. The third-order valence-corrected chi connectivity index (χ3v) is 7.42. The minimum atomic E-state index is -1.06. The van der Waals surface area contributed by atoms with Crippen LogP contribution in [0.1, 0.15) is 37.8 Å². The highest BCUT2D eigenvalue weighted by atomic mass is 16.4. The summed E-state index contributed by atoms with van der Waals surface area (Å²) in [7, 11) is 0. The maximum atomic E-state index is 13.6. The number of aromatic amines is 1. The highest BCUT2D eigenvalue weighted by Gasteiger charge is 2.39. The number of carboxylic acid groups (broad SMARTS) is 1. The number of fused-ring (bicyclic) bond motifs is 1. The van der Waals surface area contributed by atoms with Crippen molar-refractivity contribution in [2.75, 3.05) is 6.54 Å². The fourth-order valence-corrected chi connectivity index (χ4v) is 5.20. The molecule has 1 saturated heterocycles. The second kappa shape index (κ2) is 12.8. The molecule has 212 valence electrons. The summed E-state index contributed by atoms with van der Waals surface area (Å²) in [5.74, 6) is -2.82. The molecule has 1 aliphatic rings. The maximum Gasteiger partial charge on any atom is 0.326 e. The Morgan fingerprint density at radius 3 is 2.40 bits per heavy atom. The summed E-state index contributed by atoms with van der Waals surface area (Å²) in [6.07, 6.45) is 3.25. The van der Waals surface area contributed by atoms with Gasteiger partial charge in [0.2, 0.25) is 17.7 Å². The van der Waals surface area contributed by atoms with Gasteiger partial charge in [-0.3, -0.25) is 14.4 Å². The molecule has 0 bridgehead atoms. The van der Waals surface area contributed by atoms with Crippen LogP contribution in [0.3, 0.4) is 0 Å². The van der Waals surface area contributed by atoms with Crippen LogP contribution in [-0.2, 0) is 32.0 Å². The number of carboxylic acids is 1. The molecule has 0 spiro atoms. The first-order valence-corrected chi connectivity index (χ1v) is 13.6. The van der Waals surface area contributed by atoms with Gasteiger partial charge in [-0.2, -0.15) is 0 Å². The quantitative estimate of drug-likeness (QED) is 0.247. The number of hydrogen-bond donors (Lipinski definition) is 5. The lowest BCUT2D eigenvalue weighted by molar-refractivity contribution is -0.150. The van der Waals surface area contributed by atoms with Gasteiger partial charge in [0.1, 0.15) is 18.1 Å². The molecule has 1 aliphatic heterocycles. The van der Waals surface area contributed by atoms with E-state index in [1.54, 1.807) is 13.8 Å². The molecule has 3 aromatic rings. The summed E-state index contributed by atoms with van der Waals surface area (Å²) in [5.41, 5.74) is 8.95. The van der Waals surface area contributed by atoms with E-state index >= 15 is 0 Å². The van der Waals surface area contributed by atoms with Crippen LogP contribution in [0.2, 0.25) is 0 Å². The van der Waals surface area contributed by atoms with Crippen LogP contribution in [0.25, 0.3) is 10.9 Å². The number of nitrogens with zero attached hydrogens (tertiary/aromatic N) is 1. The number of nitrogens with two attached hydrogens (primary N) is 1. The van der Waals surface area contributed by atoms with Crippen molar-refractivity contribution in [1.29, 1.82) is 0 Å². The maximum absolute atomic E-state index is 13.6. The van der Waals surface area contributed by atoms with E-state index in [2.05, 4.69) is 15.6 Å². The minimum absolute atomic E-state index is 0.193. The van der Waals surface area contributed by atoms with Crippen LogP contribution in [-0.4, -0.2) is 69.4 Å². The van der Waals surface area contributed by atoms with Gasteiger partial charge in [-0.05, 0) is 42.4 Å². The van der Waals surface area contributed by atoms with E-state index in [4.69, 9.17) is 5.73 Å². The first-order valence-electron chi connectivity index (χ1n) is 13.6. The molecule has 3 amide bonds. The average Bonchev–Trinajstić information content (AvgIpc) is 3.59. The second-order valence-electron chi connectivity index (χ2n) is 10.7. The molecule has 0 saturated carbocycles. The van der Waals surface area contributed by atoms with Crippen molar-refractivity contribution >= 4 is 34.6 Å². The van der Waals surface area contributed by atoms with Gasteiger partial charge in [0, 0.05) is 30.1 Å². The number of benzene rings is 2. The Morgan fingerprint density at radius 1 is 1.00 bits per heavy atom. The van der Waals surface area contributed by atoms with E-state index in [-0.39, 0.29) is 18.8 Å². The SMILES string of the molecule is CC(C)C(NC(=O)C(Cc1ccccc1)NC(=O)C(N)Cc1c[nH]c2ccccc12)C(=O)N1CCCC1C(=O)O. The minimum Gasteiger partial charge on any atom is -0.480 e.